The van der Waals surface area contributed by atoms with Gasteiger partial charge in [0, 0.05) is 12.1 Å². The number of hydrogen-bond donors (Lipinski definition) is 0. The van der Waals surface area contributed by atoms with E-state index in [4.69, 9.17) is 0 Å². The molecule has 22 heavy (non-hydrogen) atoms. The molecule has 3 rings (SSSR count). The Labute approximate surface area is 133 Å². The molecule has 1 aliphatic carbocycles. The first kappa shape index (κ1) is 15.0. The Kier molecular flexibility index (Phi) is 4.74. The van der Waals surface area contributed by atoms with Gasteiger partial charge in [-0.25, -0.2) is 4.68 Å². The number of hydrogen-bond acceptors (Lipinski definition) is 2. The van der Waals surface area contributed by atoms with Crippen molar-refractivity contribution in [1.82, 2.24) is 14.7 Å². The van der Waals surface area contributed by atoms with Gasteiger partial charge in [0.2, 0.25) is 0 Å². The van der Waals surface area contributed by atoms with Crippen LogP contribution in [0.1, 0.15) is 37.9 Å². The van der Waals surface area contributed by atoms with Crippen LogP contribution >= 0.6 is 0 Å². The van der Waals surface area contributed by atoms with Gasteiger partial charge in [0.1, 0.15) is 0 Å². The first-order valence-corrected chi connectivity index (χ1v) is 8.37. The summed E-state index contributed by atoms with van der Waals surface area (Å²) in [6.07, 6.45) is 7.97. The van der Waals surface area contributed by atoms with Gasteiger partial charge in [0.25, 0.3) is 0 Å². The van der Waals surface area contributed by atoms with Gasteiger partial charge >= 0.3 is 0 Å². The SMILES string of the molecule is CCN(CC)CC=C1CCCc2c1cnn2-c1ccccc1. The zero-order chi connectivity index (χ0) is 15.4. The van der Waals surface area contributed by atoms with Crippen LogP contribution in [-0.2, 0) is 6.42 Å². The van der Waals surface area contributed by atoms with Crippen molar-refractivity contribution < 1.29 is 0 Å². The molecule has 0 fully saturated rings. The summed E-state index contributed by atoms with van der Waals surface area (Å²) in [5.41, 5.74) is 5.34. The van der Waals surface area contributed by atoms with Crippen LogP contribution in [0.15, 0.2) is 42.6 Å². The third-order valence-electron chi connectivity index (χ3n) is 4.57. The molecule has 0 aliphatic heterocycles. The number of benzene rings is 1. The number of para-hydroxylation sites is 1. The van der Waals surface area contributed by atoms with Gasteiger partial charge in [-0.05, 0) is 50.1 Å². The molecule has 1 heterocycles. The molecular formula is C19H25N3. The fraction of sp³-hybridized carbons (Fsp3) is 0.421. The van der Waals surface area contributed by atoms with E-state index >= 15 is 0 Å². The van der Waals surface area contributed by atoms with E-state index in [1.54, 1.807) is 0 Å². The minimum atomic E-state index is 1.04. The summed E-state index contributed by atoms with van der Waals surface area (Å²) >= 11 is 0. The lowest BCUT2D eigenvalue weighted by Crippen LogP contribution is -2.23. The van der Waals surface area contributed by atoms with E-state index in [0.717, 1.165) is 31.7 Å². The Bertz CT molecular complexity index is 636. The molecule has 1 aromatic carbocycles. The average molecular weight is 295 g/mol. The minimum absolute atomic E-state index is 1.04. The number of likely N-dealkylation sites (N-methyl/N-ethyl adjacent to an activating group) is 1. The van der Waals surface area contributed by atoms with Gasteiger partial charge in [-0.3, -0.25) is 0 Å². The van der Waals surface area contributed by atoms with E-state index in [9.17, 15) is 0 Å². The molecule has 0 atom stereocenters. The molecule has 0 saturated carbocycles. The molecule has 3 nitrogen and oxygen atoms in total. The normalized spacial score (nSPS) is 16.2. The van der Waals surface area contributed by atoms with E-state index in [-0.39, 0.29) is 0 Å². The van der Waals surface area contributed by atoms with Gasteiger partial charge in [0.05, 0.1) is 17.6 Å². The van der Waals surface area contributed by atoms with E-state index in [2.05, 4.69) is 71.1 Å². The van der Waals surface area contributed by atoms with Crippen molar-refractivity contribution in [3.63, 3.8) is 0 Å². The van der Waals surface area contributed by atoms with E-state index < -0.39 is 0 Å². The van der Waals surface area contributed by atoms with Gasteiger partial charge < -0.3 is 4.90 Å². The molecule has 0 radical (unpaired) electrons. The van der Waals surface area contributed by atoms with Crippen LogP contribution in [0.5, 0.6) is 0 Å². The lowest BCUT2D eigenvalue weighted by atomic mass is 9.92. The molecule has 3 heteroatoms. The Balaban J connectivity index is 1.89. The van der Waals surface area contributed by atoms with E-state index in [1.807, 2.05) is 0 Å². The molecule has 0 unspecified atom stereocenters. The summed E-state index contributed by atoms with van der Waals surface area (Å²) in [4.78, 5) is 2.45. The minimum Gasteiger partial charge on any atom is -0.300 e. The van der Waals surface area contributed by atoms with Crippen LogP contribution in [0.25, 0.3) is 11.3 Å². The fourth-order valence-electron chi connectivity index (χ4n) is 3.19. The summed E-state index contributed by atoms with van der Waals surface area (Å²) in [5.74, 6) is 0. The summed E-state index contributed by atoms with van der Waals surface area (Å²) in [7, 11) is 0. The highest BCUT2D eigenvalue weighted by atomic mass is 15.3. The Morgan fingerprint density at radius 1 is 1.14 bits per heavy atom. The molecule has 0 N–H and O–H groups in total. The largest absolute Gasteiger partial charge is 0.300 e. The highest BCUT2D eigenvalue weighted by Gasteiger charge is 2.19. The molecule has 0 bridgehead atoms. The highest BCUT2D eigenvalue weighted by molar-refractivity contribution is 5.69. The van der Waals surface area contributed by atoms with Crippen molar-refractivity contribution in [2.45, 2.75) is 33.1 Å². The van der Waals surface area contributed by atoms with Crippen LogP contribution < -0.4 is 0 Å². The van der Waals surface area contributed by atoms with Crippen LogP contribution in [0.4, 0.5) is 0 Å². The topological polar surface area (TPSA) is 21.1 Å². The maximum Gasteiger partial charge on any atom is 0.0649 e. The third kappa shape index (κ3) is 3.00. The Morgan fingerprint density at radius 3 is 2.64 bits per heavy atom. The quantitative estimate of drug-likeness (QED) is 0.833. The molecule has 0 spiro atoms. The zero-order valence-corrected chi connectivity index (χ0v) is 13.6. The van der Waals surface area contributed by atoms with Crippen molar-refractivity contribution in [2.75, 3.05) is 19.6 Å². The van der Waals surface area contributed by atoms with E-state index in [1.165, 1.54) is 29.7 Å². The second kappa shape index (κ2) is 6.93. The molecule has 0 amide bonds. The number of aromatic nitrogens is 2. The lowest BCUT2D eigenvalue weighted by Gasteiger charge is -2.20. The van der Waals surface area contributed by atoms with Crippen molar-refractivity contribution in [3.8, 4) is 5.69 Å². The Morgan fingerprint density at radius 2 is 1.91 bits per heavy atom. The van der Waals surface area contributed by atoms with Crippen LogP contribution in [0, 0.1) is 0 Å². The summed E-state index contributed by atoms with van der Waals surface area (Å²) in [6, 6.07) is 10.4. The van der Waals surface area contributed by atoms with Gasteiger partial charge in [0.15, 0.2) is 0 Å². The predicted octanol–water partition coefficient (Wildman–Crippen LogP) is 3.93. The first-order chi connectivity index (χ1) is 10.8. The number of fused-ring (bicyclic) bond motifs is 1. The summed E-state index contributed by atoms with van der Waals surface area (Å²) in [6.45, 7) is 7.70. The summed E-state index contributed by atoms with van der Waals surface area (Å²) < 4.78 is 2.11. The third-order valence-corrected chi connectivity index (χ3v) is 4.57. The van der Waals surface area contributed by atoms with Gasteiger partial charge in [-0.2, -0.15) is 5.10 Å². The second-order valence-corrected chi connectivity index (χ2v) is 5.82. The molecule has 1 aromatic heterocycles. The molecule has 2 aromatic rings. The zero-order valence-electron chi connectivity index (χ0n) is 13.6. The van der Waals surface area contributed by atoms with Crippen molar-refractivity contribution in [2.24, 2.45) is 0 Å². The van der Waals surface area contributed by atoms with Crippen LogP contribution in [0.2, 0.25) is 0 Å². The fourth-order valence-corrected chi connectivity index (χ4v) is 3.19. The van der Waals surface area contributed by atoms with Crippen molar-refractivity contribution in [3.05, 3.63) is 53.9 Å². The monoisotopic (exact) mass is 295 g/mol. The van der Waals surface area contributed by atoms with Crippen LogP contribution in [-0.4, -0.2) is 34.3 Å². The smallest absolute Gasteiger partial charge is 0.0649 e. The molecule has 1 aliphatic rings. The average Bonchev–Trinajstić information content (AvgIpc) is 3.01. The van der Waals surface area contributed by atoms with E-state index in [0.29, 0.717) is 0 Å². The maximum atomic E-state index is 4.65. The van der Waals surface area contributed by atoms with Crippen molar-refractivity contribution in [1.29, 1.82) is 0 Å². The number of nitrogens with zero attached hydrogens (tertiary/aromatic N) is 3. The number of rotatable bonds is 5. The molecule has 116 valence electrons. The van der Waals surface area contributed by atoms with Crippen molar-refractivity contribution >= 4 is 5.57 Å². The first-order valence-electron chi connectivity index (χ1n) is 8.37. The predicted molar refractivity (Wildman–Crippen MR) is 92.3 cm³/mol. The molecular weight excluding hydrogens is 270 g/mol. The second-order valence-electron chi connectivity index (χ2n) is 5.82. The van der Waals surface area contributed by atoms with Gasteiger partial charge in [-0.15, -0.1) is 0 Å². The lowest BCUT2D eigenvalue weighted by molar-refractivity contribution is 0.337. The molecule has 0 saturated heterocycles. The maximum absolute atomic E-state index is 4.65. The van der Waals surface area contributed by atoms with Crippen LogP contribution in [0.3, 0.4) is 0 Å². The Hall–Kier alpha value is -1.87. The summed E-state index contributed by atoms with van der Waals surface area (Å²) in [5, 5.41) is 4.65. The highest BCUT2D eigenvalue weighted by Crippen LogP contribution is 2.31. The van der Waals surface area contributed by atoms with Gasteiger partial charge in [-0.1, -0.05) is 38.1 Å². The number of allylic oxidation sites excluding steroid dienone is 1. The standard InChI is InChI=1S/C19H25N3/c1-3-21(4-2)14-13-16-9-8-12-19-18(16)15-20-22(19)17-10-6-5-7-11-17/h5-7,10-11,13,15H,3-4,8-9,12,14H2,1-2H3.